The van der Waals surface area contributed by atoms with E-state index in [1.54, 1.807) is 34.1 Å². The summed E-state index contributed by atoms with van der Waals surface area (Å²) in [5, 5.41) is 8.31. The summed E-state index contributed by atoms with van der Waals surface area (Å²) >= 11 is 1.48. The number of hydrogen-bond donors (Lipinski definition) is 2. The highest BCUT2D eigenvalue weighted by Gasteiger charge is 2.28. The number of amides is 2. The fourth-order valence-electron chi connectivity index (χ4n) is 3.77. The number of pyridine rings is 1. The number of hydrogen-bond acceptors (Lipinski definition) is 7. The van der Waals surface area contributed by atoms with E-state index in [0.717, 1.165) is 27.7 Å². The second-order valence-electron chi connectivity index (χ2n) is 9.48. The zero-order valence-electron chi connectivity index (χ0n) is 20.8. The number of alkyl carbamates (subject to hydrolysis) is 1. The number of methoxy groups -OCH3 is 1. The molecule has 0 fully saturated rings. The van der Waals surface area contributed by atoms with Crippen LogP contribution in [0.2, 0.25) is 0 Å². The Morgan fingerprint density at radius 2 is 1.89 bits per heavy atom. The Morgan fingerprint density at radius 3 is 2.61 bits per heavy atom. The number of nitrogens with zero attached hydrogens (tertiary/aromatic N) is 2. The molecule has 1 aliphatic heterocycles. The third kappa shape index (κ3) is 6.75. The standard InChI is InChI=1S/C27H30N4O4S/c1-27(2,3)35-26(33)30-22(13-17-5-9-21(34-4)10-6-17)24(32)31-25-29-23(16-36-25)19-7-8-20-15-28-12-11-18(20)14-19/h5-12,14-15,22-23H,13,16H2,1-4H3,(H,30,33)(H,29,31,32)/t22-,23?/m0/s1. The van der Waals surface area contributed by atoms with Crippen molar-refractivity contribution in [2.75, 3.05) is 12.9 Å². The van der Waals surface area contributed by atoms with Crippen molar-refractivity contribution in [1.29, 1.82) is 0 Å². The van der Waals surface area contributed by atoms with Crippen molar-refractivity contribution in [3.63, 3.8) is 0 Å². The van der Waals surface area contributed by atoms with Crippen molar-refractivity contribution in [3.05, 3.63) is 72.1 Å². The predicted molar refractivity (Wildman–Crippen MR) is 142 cm³/mol. The Balaban J connectivity index is 1.47. The molecule has 9 heteroatoms. The third-order valence-electron chi connectivity index (χ3n) is 5.54. The highest BCUT2D eigenvalue weighted by molar-refractivity contribution is 8.14. The van der Waals surface area contributed by atoms with Crippen molar-refractivity contribution in [2.45, 2.75) is 44.9 Å². The first-order valence-electron chi connectivity index (χ1n) is 11.7. The van der Waals surface area contributed by atoms with E-state index >= 15 is 0 Å². The summed E-state index contributed by atoms with van der Waals surface area (Å²) in [5.74, 6) is 1.08. The number of amidine groups is 1. The lowest BCUT2D eigenvalue weighted by Gasteiger charge is -2.23. The molecule has 2 heterocycles. The van der Waals surface area contributed by atoms with E-state index in [-0.39, 0.29) is 18.4 Å². The quantitative estimate of drug-likeness (QED) is 0.505. The molecule has 3 aromatic rings. The van der Waals surface area contributed by atoms with Gasteiger partial charge in [-0.2, -0.15) is 0 Å². The zero-order valence-corrected chi connectivity index (χ0v) is 21.6. The second-order valence-corrected chi connectivity index (χ2v) is 10.5. The van der Waals surface area contributed by atoms with Crippen molar-refractivity contribution in [2.24, 2.45) is 4.99 Å². The number of thioether (sulfide) groups is 1. The van der Waals surface area contributed by atoms with Gasteiger partial charge < -0.3 is 20.1 Å². The van der Waals surface area contributed by atoms with Gasteiger partial charge in [0.1, 0.15) is 17.4 Å². The van der Waals surface area contributed by atoms with Crippen molar-refractivity contribution < 1.29 is 19.1 Å². The molecule has 36 heavy (non-hydrogen) atoms. The Kier molecular flexibility index (Phi) is 7.79. The fraction of sp³-hybridized carbons (Fsp3) is 0.333. The third-order valence-corrected chi connectivity index (χ3v) is 6.50. The molecule has 0 bridgehead atoms. The largest absolute Gasteiger partial charge is 0.497 e. The van der Waals surface area contributed by atoms with Crippen LogP contribution in [0, 0.1) is 0 Å². The Hall–Kier alpha value is -3.59. The Morgan fingerprint density at radius 1 is 1.11 bits per heavy atom. The number of aromatic nitrogens is 1. The van der Waals surface area contributed by atoms with Crippen LogP contribution in [0.25, 0.3) is 10.8 Å². The van der Waals surface area contributed by atoms with E-state index in [0.29, 0.717) is 10.9 Å². The van der Waals surface area contributed by atoms with Gasteiger partial charge in [0.05, 0.1) is 13.2 Å². The maximum Gasteiger partial charge on any atom is 0.408 e. The molecule has 0 aliphatic carbocycles. The molecule has 1 aromatic heterocycles. The monoisotopic (exact) mass is 506 g/mol. The van der Waals surface area contributed by atoms with Gasteiger partial charge in [-0.05, 0) is 61.5 Å². The molecular formula is C27H30N4O4S. The van der Waals surface area contributed by atoms with Gasteiger partial charge in [0, 0.05) is 30.0 Å². The van der Waals surface area contributed by atoms with Crippen molar-refractivity contribution in [3.8, 4) is 5.75 Å². The Bertz CT molecular complexity index is 1270. The van der Waals surface area contributed by atoms with E-state index in [1.165, 1.54) is 11.8 Å². The average Bonchev–Trinajstić information content (AvgIpc) is 3.31. The summed E-state index contributed by atoms with van der Waals surface area (Å²) in [7, 11) is 1.59. The van der Waals surface area contributed by atoms with Gasteiger partial charge in [0.25, 0.3) is 0 Å². The highest BCUT2D eigenvalue weighted by Crippen LogP contribution is 2.31. The first-order valence-corrected chi connectivity index (χ1v) is 12.7. The summed E-state index contributed by atoms with van der Waals surface area (Å²) in [6, 6.07) is 14.6. The molecule has 8 nitrogen and oxygen atoms in total. The van der Waals surface area contributed by atoms with Crippen LogP contribution in [-0.4, -0.2) is 46.7 Å². The van der Waals surface area contributed by atoms with Crippen LogP contribution in [0.3, 0.4) is 0 Å². The minimum absolute atomic E-state index is 0.0679. The number of nitrogens with one attached hydrogen (secondary N) is 2. The SMILES string of the molecule is COc1ccc(C[C@H](NC(=O)OC(C)(C)C)C(=O)NC2=NC(c3ccc4cnccc4c3)CS2)cc1. The Labute approximate surface area is 214 Å². The summed E-state index contributed by atoms with van der Waals surface area (Å²) in [4.78, 5) is 34.6. The van der Waals surface area contributed by atoms with Gasteiger partial charge in [-0.1, -0.05) is 36.0 Å². The predicted octanol–water partition coefficient (Wildman–Crippen LogP) is 4.64. The molecule has 0 saturated heterocycles. The number of benzene rings is 2. The summed E-state index contributed by atoms with van der Waals surface area (Å²) in [5.41, 5.74) is 1.27. The molecule has 2 amide bonds. The molecule has 0 spiro atoms. The van der Waals surface area contributed by atoms with Crippen LogP contribution in [0.5, 0.6) is 5.75 Å². The molecule has 1 aliphatic rings. The molecule has 2 atom stereocenters. The molecule has 2 aromatic carbocycles. The lowest BCUT2D eigenvalue weighted by molar-refractivity contribution is -0.121. The average molecular weight is 507 g/mol. The first kappa shape index (κ1) is 25.5. The van der Waals surface area contributed by atoms with E-state index in [2.05, 4.69) is 21.7 Å². The van der Waals surface area contributed by atoms with Gasteiger partial charge in [-0.25, -0.2) is 4.79 Å². The van der Waals surface area contributed by atoms with E-state index < -0.39 is 17.7 Å². The first-order chi connectivity index (χ1) is 17.2. The van der Waals surface area contributed by atoms with Crippen LogP contribution in [0.15, 0.2) is 65.9 Å². The molecule has 0 saturated carbocycles. The molecule has 188 valence electrons. The van der Waals surface area contributed by atoms with Gasteiger partial charge in [-0.3, -0.25) is 14.8 Å². The molecular weight excluding hydrogens is 476 g/mol. The van der Waals surface area contributed by atoms with Crippen LogP contribution < -0.4 is 15.4 Å². The number of fused-ring (bicyclic) bond motifs is 1. The van der Waals surface area contributed by atoms with Crippen LogP contribution >= 0.6 is 11.8 Å². The van der Waals surface area contributed by atoms with Gasteiger partial charge in [0.15, 0.2) is 5.17 Å². The smallest absolute Gasteiger partial charge is 0.408 e. The van der Waals surface area contributed by atoms with Crippen molar-refractivity contribution >= 4 is 39.7 Å². The molecule has 1 unspecified atom stereocenters. The van der Waals surface area contributed by atoms with Crippen LogP contribution in [0.4, 0.5) is 4.79 Å². The zero-order chi connectivity index (χ0) is 25.7. The maximum atomic E-state index is 13.2. The lowest BCUT2D eigenvalue weighted by atomic mass is 10.0. The van der Waals surface area contributed by atoms with Gasteiger partial charge in [0.2, 0.25) is 5.91 Å². The lowest BCUT2D eigenvalue weighted by Crippen LogP contribution is -2.50. The van der Waals surface area contributed by atoms with Crippen molar-refractivity contribution in [1.82, 2.24) is 15.6 Å². The maximum absolute atomic E-state index is 13.2. The topological polar surface area (TPSA) is 102 Å². The van der Waals surface area contributed by atoms with Crippen LogP contribution in [-0.2, 0) is 16.0 Å². The molecule has 0 radical (unpaired) electrons. The van der Waals surface area contributed by atoms with Crippen LogP contribution in [0.1, 0.15) is 37.9 Å². The normalized spacial score (nSPS) is 16.2. The number of ether oxygens (including phenoxy) is 2. The molecule has 2 N–H and O–H groups in total. The fourth-order valence-corrected chi connectivity index (χ4v) is 4.73. The summed E-state index contributed by atoms with van der Waals surface area (Å²) < 4.78 is 10.6. The minimum atomic E-state index is -0.844. The number of rotatable bonds is 6. The van der Waals surface area contributed by atoms with E-state index in [4.69, 9.17) is 14.5 Å². The number of carbonyl (C=O) groups is 2. The van der Waals surface area contributed by atoms with E-state index in [9.17, 15) is 9.59 Å². The summed E-state index contributed by atoms with van der Waals surface area (Å²) in [6.45, 7) is 5.33. The summed E-state index contributed by atoms with van der Waals surface area (Å²) in [6.07, 6.45) is 3.24. The minimum Gasteiger partial charge on any atom is -0.497 e. The number of aliphatic imine (C=N–C) groups is 1. The van der Waals surface area contributed by atoms with Gasteiger partial charge in [-0.15, -0.1) is 0 Å². The highest BCUT2D eigenvalue weighted by atomic mass is 32.2. The second kappa shape index (κ2) is 11.0. The van der Waals surface area contributed by atoms with Gasteiger partial charge >= 0.3 is 6.09 Å². The number of carbonyl (C=O) groups excluding carboxylic acids is 2. The molecule has 4 rings (SSSR count). The van der Waals surface area contributed by atoms with E-state index in [1.807, 2.05) is 48.7 Å².